The van der Waals surface area contributed by atoms with Gasteiger partial charge in [0.2, 0.25) is 0 Å². The van der Waals surface area contributed by atoms with E-state index in [0.717, 1.165) is 4.88 Å². The summed E-state index contributed by atoms with van der Waals surface area (Å²) in [5.74, 6) is 1.22. The Morgan fingerprint density at radius 1 is 1.40 bits per heavy atom. The molecule has 0 saturated heterocycles. The molecule has 0 aromatic carbocycles. The summed E-state index contributed by atoms with van der Waals surface area (Å²) >= 11 is 1.77. The van der Waals surface area contributed by atoms with E-state index in [1.165, 1.54) is 11.3 Å². The maximum Gasteiger partial charge on any atom is 0.0912 e. The molecule has 1 fully saturated rings. The van der Waals surface area contributed by atoms with E-state index in [9.17, 15) is 5.11 Å². The third kappa shape index (κ3) is 2.26. The molecule has 1 aliphatic carbocycles. The molecule has 15 heavy (non-hydrogen) atoms. The molecule has 1 saturated carbocycles. The second kappa shape index (κ2) is 3.60. The van der Waals surface area contributed by atoms with Gasteiger partial charge in [0, 0.05) is 9.75 Å². The number of hydrogen-bond donors (Lipinski definition) is 1. The lowest BCUT2D eigenvalue weighted by atomic mass is 9.95. The van der Waals surface area contributed by atoms with E-state index in [1.54, 1.807) is 11.3 Å². The van der Waals surface area contributed by atoms with Crippen molar-refractivity contribution in [2.24, 2.45) is 11.8 Å². The van der Waals surface area contributed by atoms with Crippen LogP contribution in [0, 0.1) is 11.8 Å². The molecule has 3 unspecified atom stereocenters. The van der Waals surface area contributed by atoms with Crippen molar-refractivity contribution in [2.45, 2.75) is 45.6 Å². The molecule has 1 aromatic heterocycles. The van der Waals surface area contributed by atoms with Crippen LogP contribution in [0.25, 0.3) is 0 Å². The second-order valence-electron chi connectivity index (χ2n) is 5.77. The molecule has 2 heteroatoms. The predicted octanol–water partition coefficient (Wildman–Crippen LogP) is 3.74. The van der Waals surface area contributed by atoms with Crippen LogP contribution < -0.4 is 0 Å². The molecule has 0 aliphatic heterocycles. The second-order valence-corrected chi connectivity index (χ2v) is 6.89. The number of rotatable bonds is 2. The average molecular weight is 224 g/mol. The Balaban J connectivity index is 2.13. The smallest absolute Gasteiger partial charge is 0.0912 e. The molecule has 3 atom stereocenters. The first kappa shape index (κ1) is 11.2. The van der Waals surface area contributed by atoms with E-state index in [4.69, 9.17) is 0 Å². The average Bonchev–Trinajstić information content (AvgIpc) is 2.68. The standard InChI is InChI=1S/C13H20OS/c1-8-7-9(8)12(14)10-5-6-11(15-10)13(2,3)4/h5-6,8-9,12,14H,7H2,1-4H3. The Hall–Kier alpha value is -0.340. The van der Waals surface area contributed by atoms with Crippen LogP contribution in [-0.4, -0.2) is 5.11 Å². The zero-order valence-corrected chi connectivity index (χ0v) is 10.8. The van der Waals surface area contributed by atoms with E-state index in [0.29, 0.717) is 11.8 Å². The van der Waals surface area contributed by atoms with Crippen LogP contribution in [0.3, 0.4) is 0 Å². The summed E-state index contributed by atoms with van der Waals surface area (Å²) < 4.78 is 0. The lowest BCUT2D eigenvalue weighted by molar-refractivity contribution is 0.152. The quantitative estimate of drug-likeness (QED) is 0.811. The fraction of sp³-hybridized carbons (Fsp3) is 0.692. The van der Waals surface area contributed by atoms with Crippen molar-refractivity contribution >= 4 is 11.3 Å². The van der Waals surface area contributed by atoms with E-state index < -0.39 is 0 Å². The lowest BCUT2D eigenvalue weighted by Gasteiger charge is -2.15. The van der Waals surface area contributed by atoms with Crippen molar-refractivity contribution in [2.75, 3.05) is 0 Å². The number of hydrogen-bond acceptors (Lipinski definition) is 2. The SMILES string of the molecule is CC1CC1C(O)c1ccc(C(C)(C)C)s1. The Bertz CT molecular complexity index is 348. The van der Waals surface area contributed by atoms with Crippen molar-refractivity contribution in [1.82, 2.24) is 0 Å². The summed E-state index contributed by atoms with van der Waals surface area (Å²) in [5.41, 5.74) is 0.206. The highest BCUT2D eigenvalue weighted by molar-refractivity contribution is 7.12. The van der Waals surface area contributed by atoms with Crippen LogP contribution in [0.4, 0.5) is 0 Å². The zero-order valence-electron chi connectivity index (χ0n) is 9.95. The maximum atomic E-state index is 10.1. The van der Waals surface area contributed by atoms with Gasteiger partial charge in [-0.25, -0.2) is 0 Å². The molecule has 0 amide bonds. The van der Waals surface area contributed by atoms with Crippen LogP contribution in [0.5, 0.6) is 0 Å². The Kier molecular flexibility index (Phi) is 2.68. The van der Waals surface area contributed by atoms with Gasteiger partial charge in [0.25, 0.3) is 0 Å². The Labute approximate surface area is 96.1 Å². The molecule has 0 radical (unpaired) electrons. The fourth-order valence-electron chi connectivity index (χ4n) is 1.92. The summed E-state index contributed by atoms with van der Waals surface area (Å²) in [6.07, 6.45) is 0.963. The minimum Gasteiger partial charge on any atom is -0.387 e. The molecule has 2 rings (SSSR count). The third-order valence-corrected chi connectivity index (χ3v) is 4.82. The largest absolute Gasteiger partial charge is 0.387 e. The topological polar surface area (TPSA) is 20.2 Å². The molecular formula is C13H20OS. The molecule has 84 valence electrons. The van der Waals surface area contributed by atoms with Crippen molar-refractivity contribution in [3.8, 4) is 0 Å². The normalized spacial score (nSPS) is 27.8. The van der Waals surface area contributed by atoms with E-state index >= 15 is 0 Å². The maximum absolute atomic E-state index is 10.1. The van der Waals surface area contributed by atoms with Crippen LogP contribution in [-0.2, 0) is 5.41 Å². The van der Waals surface area contributed by atoms with Crippen molar-refractivity contribution in [3.63, 3.8) is 0 Å². The van der Waals surface area contributed by atoms with Gasteiger partial charge in [-0.05, 0) is 35.8 Å². The first-order chi connectivity index (χ1) is 6.89. The van der Waals surface area contributed by atoms with Gasteiger partial charge < -0.3 is 5.11 Å². The van der Waals surface area contributed by atoms with Gasteiger partial charge in [0.05, 0.1) is 6.10 Å². The highest BCUT2D eigenvalue weighted by Gasteiger charge is 2.40. The highest BCUT2D eigenvalue weighted by atomic mass is 32.1. The molecule has 1 aliphatic rings. The molecule has 1 N–H and O–H groups in total. The van der Waals surface area contributed by atoms with Crippen LogP contribution in [0.1, 0.15) is 50.0 Å². The van der Waals surface area contributed by atoms with E-state index in [2.05, 4.69) is 39.8 Å². The highest BCUT2D eigenvalue weighted by Crippen LogP contribution is 2.48. The Morgan fingerprint density at radius 2 is 2.00 bits per heavy atom. The summed E-state index contributed by atoms with van der Waals surface area (Å²) in [6.45, 7) is 8.87. The first-order valence-electron chi connectivity index (χ1n) is 5.68. The van der Waals surface area contributed by atoms with Gasteiger partial charge in [-0.2, -0.15) is 0 Å². The minimum atomic E-state index is -0.221. The number of aliphatic hydroxyl groups excluding tert-OH is 1. The Morgan fingerprint density at radius 3 is 2.40 bits per heavy atom. The number of aliphatic hydroxyl groups is 1. The fourth-order valence-corrected chi connectivity index (χ4v) is 3.04. The van der Waals surface area contributed by atoms with Gasteiger partial charge in [0.15, 0.2) is 0 Å². The van der Waals surface area contributed by atoms with Crippen LogP contribution >= 0.6 is 11.3 Å². The monoisotopic (exact) mass is 224 g/mol. The molecule has 0 bridgehead atoms. The molecule has 1 aromatic rings. The van der Waals surface area contributed by atoms with Crippen LogP contribution in [0.15, 0.2) is 12.1 Å². The number of thiophene rings is 1. The molecule has 1 heterocycles. The van der Waals surface area contributed by atoms with E-state index in [-0.39, 0.29) is 11.5 Å². The van der Waals surface area contributed by atoms with Gasteiger partial charge in [-0.3, -0.25) is 0 Å². The van der Waals surface area contributed by atoms with Crippen LogP contribution in [0.2, 0.25) is 0 Å². The summed E-state index contributed by atoms with van der Waals surface area (Å²) in [4.78, 5) is 2.51. The van der Waals surface area contributed by atoms with Crippen molar-refractivity contribution < 1.29 is 5.11 Å². The predicted molar refractivity (Wildman–Crippen MR) is 65.2 cm³/mol. The van der Waals surface area contributed by atoms with Gasteiger partial charge >= 0.3 is 0 Å². The summed E-state index contributed by atoms with van der Waals surface area (Å²) in [6, 6.07) is 4.26. The minimum absolute atomic E-state index is 0.206. The third-order valence-electron chi connectivity index (χ3n) is 3.23. The summed E-state index contributed by atoms with van der Waals surface area (Å²) in [5, 5.41) is 10.1. The first-order valence-corrected chi connectivity index (χ1v) is 6.49. The lowest BCUT2D eigenvalue weighted by Crippen LogP contribution is -2.07. The van der Waals surface area contributed by atoms with Gasteiger partial charge in [0.1, 0.15) is 0 Å². The van der Waals surface area contributed by atoms with Gasteiger partial charge in [-0.15, -0.1) is 11.3 Å². The van der Waals surface area contributed by atoms with Crippen molar-refractivity contribution in [1.29, 1.82) is 0 Å². The zero-order chi connectivity index (χ0) is 11.2. The van der Waals surface area contributed by atoms with Crippen molar-refractivity contribution in [3.05, 3.63) is 21.9 Å². The molecular weight excluding hydrogens is 204 g/mol. The summed E-state index contributed by atoms with van der Waals surface area (Å²) in [7, 11) is 0. The van der Waals surface area contributed by atoms with Gasteiger partial charge in [-0.1, -0.05) is 27.7 Å². The molecule has 0 spiro atoms. The molecule has 1 nitrogen and oxygen atoms in total. The van der Waals surface area contributed by atoms with E-state index in [1.807, 2.05) is 0 Å².